The van der Waals surface area contributed by atoms with Gasteiger partial charge in [-0.3, -0.25) is 0 Å². The van der Waals surface area contributed by atoms with Gasteiger partial charge in [0.1, 0.15) is 16.8 Å². The van der Waals surface area contributed by atoms with Crippen LogP contribution in [0.5, 0.6) is 0 Å². The third-order valence-corrected chi connectivity index (χ3v) is 2.32. The standard InChI is InChI=1S/C10H18O5.C9H17NO2.C4H9N.2CO2.ClH/c1-9(2,3)14-7(11)13-8(12)15-10(4,5)6;1-5-6-7-10-8(11)12-9(2,3)4;1-2-3-4-5;2*2-1-3;/h1-6H3;5-6H,7H2,1-4H3,(H,10,11);2-3H,4-5H2,1H3;;;1H/b;6-5+;3-2+;;;. The quantitative estimate of drug-likeness (QED) is 0.200. The van der Waals surface area contributed by atoms with Crippen LogP contribution in [0, 0.1) is 0 Å². The van der Waals surface area contributed by atoms with Gasteiger partial charge in [0.25, 0.3) is 0 Å². The van der Waals surface area contributed by atoms with Crippen LogP contribution in [-0.2, 0) is 38.1 Å². The minimum Gasteiger partial charge on any atom is -0.444 e. The Morgan fingerprint density at radius 1 is 0.692 bits per heavy atom. The zero-order chi connectivity index (χ0) is 31.4. The summed E-state index contributed by atoms with van der Waals surface area (Å²) in [4.78, 5) is 65.5. The highest BCUT2D eigenvalue weighted by atomic mass is 35.5. The minimum absolute atomic E-state index is 0. The van der Waals surface area contributed by atoms with E-state index in [1.165, 1.54) is 0 Å². The van der Waals surface area contributed by atoms with Gasteiger partial charge in [0.15, 0.2) is 0 Å². The Balaban J connectivity index is -0.000000101. The molecule has 0 aromatic heterocycles. The first kappa shape index (κ1) is 48.6. The molecule has 3 N–H and O–H groups in total. The predicted molar refractivity (Wildman–Crippen MR) is 144 cm³/mol. The summed E-state index contributed by atoms with van der Waals surface area (Å²) in [6, 6.07) is 0. The van der Waals surface area contributed by atoms with Crippen molar-refractivity contribution in [2.45, 2.75) is 93.0 Å². The van der Waals surface area contributed by atoms with Crippen molar-refractivity contribution in [3.05, 3.63) is 24.3 Å². The first-order valence-corrected chi connectivity index (χ1v) is 11.2. The van der Waals surface area contributed by atoms with Gasteiger partial charge in [-0.1, -0.05) is 24.3 Å². The van der Waals surface area contributed by atoms with E-state index in [0.717, 1.165) is 0 Å². The SMILES string of the molecule is C/C=C/CN.C/C=C/CNC(=O)OC(C)(C)C.CC(C)(C)OC(=O)OC(=O)OC(C)(C)C.Cl.O=C=O.O=C=O. The fourth-order valence-corrected chi connectivity index (χ4v) is 1.32. The fourth-order valence-electron chi connectivity index (χ4n) is 1.32. The molecule has 0 saturated carbocycles. The monoisotopic (exact) mass is 584 g/mol. The van der Waals surface area contributed by atoms with Crippen LogP contribution in [-0.4, -0.2) is 60.6 Å². The molecule has 0 aliphatic rings. The van der Waals surface area contributed by atoms with Crippen LogP contribution < -0.4 is 11.1 Å². The molecule has 0 saturated heterocycles. The second kappa shape index (κ2) is 29.1. The lowest BCUT2D eigenvalue weighted by Crippen LogP contribution is -2.32. The Morgan fingerprint density at radius 2 is 1.00 bits per heavy atom. The Bertz CT molecular complexity index is 726. The van der Waals surface area contributed by atoms with E-state index in [-0.39, 0.29) is 30.8 Å². The summed E-state index contributed by atoms with van der Waals surface area (Å²) in [7, 11) is 0. The van der Waals surface area contributed by atoms with Gasteiger partial charge in [-0.2, -0.15) is 19.2 Å². The topological polar surface area (TPSA) is 194 Å². The van der Waals surface area contributed by atoms with Crippen LogP contribution >= 0.6 is 12.4 Å². The van der Waals surface area contributed by atoms with Crippen molar-refractivity contribution in [1.29, 1.82) is 0 Å². The maximum Gasteiger partial charge on any atom is 0.519 e. The Morgan fingerprint density at radius 3 is 1.21 bits per heavy atom. The van der Waals surface area contributed by atoms with E-state index in [1.807, 2.05) is 58.9 Å². The number of alkyl carbamates (subject to hydrolysis) is 1. The number of nitrogens with two attached hydrogens (primary N) is 1. The van der Waals surface area contributed by atoms with Crippen LogP contribution in [0.4, 0.5) is 14.4 Å². The second-order valence-electron chi connectivity index (χ2n) is 9.45. The molecule has 0 radical (unpaired) electrons. The van der Waals surface area contributed by atoms with Gasteiger partial charge in [-0.05, 0) is 76.2 Å². The number of allylic oxidation sites excluding steroid dienone is 2. The number of carbonyl (C=O) groups excluding carboxylic acids is 7. The summed E-state index contributed by atoms with van der Waals surface area (Å²) in [5.74, 6) is 0. The molecule has 0 unspecified atom stereocenters. The Hall–Kier alpha value is -3.50. The molecule has 0 bridgehead atoms. The summed E-state index contributed by atoms with van der Waals surface area (Å²) in [5, 5.41) is 2.59. The van der Waals surface area contributed by atoms with Crippen molar-refractivity contribution in [3.63, 3.8) is 0 Å². The van der Waals surface area contributed by atoms with Gasteiger partial charge >= 0.3 is 30.7 Å². The van der Waals surface area contributed by atoms with Crippen LogP contribution in [0.2, 0.25) is 0 Å². The number of carbonyl (C=O) groups is 3. The maximum atomic E-state index is 11.0. The number of ether oxygens (including phenoxy) is 4. The van der Waals surface area contributed by atoms with E-state index in [1.54, 1.807) is 41.5 Å². The summed E-state index contributed by atoms with van der Waals surface area (Å²) < 4.78 is 18.8. The zero-order valence-electron chi connectivity index (χ0n) is 24.7. The Kier molecular flexibility index (Phi) is 36.2. The molecule has 0 fully saturated rings. The summed E-state index contributed by atoms with van der Waals surface area (Å²) in [5.41, 5.74) is 3.24. The molecule has 13 nitrogen and oxygen atoms in total. The van der Waals surface area contributed by atoms with Crippen LogP contribution in [0.1, 0.15) is 76.2 Å². The lowest BCUT2D eigenvalue weighted by Gasteiger charge is -2.20. The summed E-state index contributed by atoms with van der Waals surface area (Å²) in [6.45, 7) is 20.6. The molecule has 1 amide bonds. The highest BCUT2D eigenvalue weighted by Gasteiger charge is 2.24. The largest absolute Gasteiger partial charge is 0.519 e. The predicted octanol–water partition coefficient (Wildman–Crippen LogP) is 4.74. The Labute approximate surface area is 237 Å². The first-order valence-electron chi connectivity index (χ1n) is 11.2. The van der Waals surface area contributed by atoms with E-state index in [4.69, 9.17) is 39.1 Å². The van der Waals surface area contributed by atoms with Gasteiger partial charge in [-0.15, -0.1) is 12.4 Å². The first-order chi connectivity index (χ1) is 17.2. The molecule has 0 aliphatic carbocycles. The van der Waals surface area contributed by atoms with Crippen molar-refractivity contribution < 1.29 is 52.5 Å². The highest BCUT2D eigenvalue weighted by Crippen LogP contribution is 2.11. The van der Waals surface area contributed by atoms with Crippen molar-refractivity contribution in [2.24, 2.45) is 5.73 Å². The van der Waals surface area contributed by atoms with E-state index in [0.29, 0.717) is 13.1 Å². The smallest absolute Gasteiger partial charge is 0.444 e. The molecule has 0 aromatic carbocycles. The molecule has 39 heavy (non-hydrogen) atoms. The van der Waals surface area contributed by atoms with E-state index in [2.05, 4.69) is 10.1 Å². The molecule has 228 valence electrons. The number of hydrogen-bond donors (Lipinski definition) is 2. The van der Waals surface area contributed by atoms with Gasteiger partial charge in [-0.25, -0.2) is 14.4 Å². The van der Waals surface area contributed by atoms with Crippen molar-refractivity contribution in [1.82, 2.24) is 5.32 Å². The molecule has 0 spiro atoms. The van der Waals surface area contributed by atoms with Gasteiger partial charge in [0.2, 0.25) is 0 Å². The molecular weight excluding hydrogens is 540 g/mol. The number of nitrogens with one attached hydrogen (secondary N) is 1. The lowest BCUT2D eigenvalue weighted by molar-refractivity contribution is -0.193. The molecular formula is C25H45ClN2O11. The van der Waals surface area contributed by atoms with E-state index >= 15 is 0 Å². The van der Waals surface area contributed by atoms with Crippen molar-refractivity contribution in [2.75, 3.05) is 13.1 Å². The normalized spacial score (nSPS) is 9.85. The number of hydrogen-bond acceptors (Lipinski definition) is 12. The summed E-state index contributed by atoms with van der Waals surface area (Å²) >= 11 is 0. The maximum absolute atomic E-state index is 11.0. The van der Waals surface area contributed by atoms with Crippen LogP contribution in [0.15, 0.2) is 24.3 Å². The average Bonchev–Trinajstić information content (AvgIpc) is 2.66. The average molecular weight is 585 g/mol. The van der Waals surface area contributed by atoms with Crippen molar-refractivity contribution in [3.8, 4) is 0 Å². The summed E-state index contributed by atoms with van der Waals surface area (Å²) in [6.07, 6.45) is 5.57. The third kappa shape index (κ3) is 72.0. The number of rotatable bonds is 3. The zero-order valence-corrected chi connectivity index (χ0v) is 25.5. The van der Waals surface area contributed by atoms with Gasteiger partial charge in [0.05, 0.1) is 0 Å². The fraction of sp³-hybridized carbons (Fsp3) is 0.640. The molecule has 0 aromatic rings. The van der Waals surface area contributed by atoms with Gasteiger partial charge < -0.3 is 30.0 Å². The highest BCUT2D eigenvalue weighted by molar-refractivity contribution is 5.85. The number of halogens is 1. The molecule has 0 atom stereocenters. The van der Waals surface area contributed by atoms with Crippen LogP contribution in [0.25, 0.3) is 0 Å². The molecule has 0 aliphatic heterocycles. The van der Waals surface area contributed by atoms with E-state index in [9.17, 15) is 14.4 Å². The lowest BCUT2D eigenvalue weighted by atomic mass is 10.2. The second-order valence-corrected chi connectivity index (χ2v) is 9.45. The van der Waals surface area contributed by atoms with Crippen molar-refractivity contribution >= 4 is 43.1 Å². The van der Waals surface area contributed by atoms with Crippen LogP contribution in [0.3, 0.4) is 0 Å². The molecule has 14 heteroatoms. The molecule has 0 rings (SSSR count). The van der Waals surface area contributed by atoms with E-state index < -0.39 is 29.1 Å². The minimum atomic E-state index is -1.06. The number of amides is 1. The van der Waals surface area contributed by atoms with Gasteiger partial charge in [0, 0.05) is 13.1 Å². The molecule has 0 heterocycles. The third-order valence-electron chi connectivity index (χ3n) is 2.32.